The van der Waals surface area contributed by atoms with Gasteiger partial charge in [-0.1, -0.05) is 12.2 Å². The van der Waals surface area contributed by atoms with Gasteiger partial charge in [-0.05, 0) is 37.5 Å². The highest BCUT2D eigenvalue weighted by Gasteiger charge is 2.44. The van der Waals surface area contributed by atoms with Crippen LogP contribution in [0.2, 0.25) is 0 Å². The second kappa shape index (κ2) is 4.81. The van der Waals surface area contributed by atoms with Crippen molar-refractivity contribution in [1.29, 1.82) is 0 Å². The fraction of sp³-hybridized carbons (Fsp3) is 0.529. The van der Waals surface area contributed by atoms with Crippen LogP contribution in [-0.2, 0) is 0 Å². The minimum Gasteiger partial charge on any atom is -0.486 e. The van der Waals surface area contributed by atoms with Gasteiger partial charge in [0.1, 0.15) is 19.3 Å². The number of fused-ring (bicyclic) bond motifs is 2. The first-order valence-corrected chi connectivity index (χ1v) is 7.72. The summed E-state index contributed by atoms with van der Waals surface area (Å²) >= 11 is 0. The molecular weight excluding hydrogens is 250 g/mol. The largest absolute Gasteiger partial charge is 0.486 e. The van der Waals surface area contributed by atoms with Gasteiger partial charge in [0.05, 0.1) is 6.04 Å². The van der Waals surface area contributed by atoms with Crippen molar-refractivity contribution in [3.8, 4) is 11.5 Å². The molecule has 3 nitrogen and oxygen atoms in total. The van der Waals surface area contributed by atoms with Gasteiger partial charge in [0.25, 0.3) is 0 Å². The highest BCUT2D eigenvalue weighted by molar-refractivity contribution is 5.44. The van der Waals surface area contributed by atoms with E-state index in [4.69, 9.17) is 9.47 Å². The number of hydrogen-bond donors (Lipinski definition) is 1. The summed E-state index contributed by atoms with van der Waals surface area (Å²) < 4.78 is 11.3. The van der Waals surface area contributed by atoms with Crippen molar-refractivity contribution in [3.63, 3.8) is 0 Å². The standard InChI is InChI=1S/C17H21NO2/c1-11(18-15-9-13-3-2-4-14(13)15)12-5-6-16-17(10-12)20-8-7-19-16/h2,4-6,10-11,13-15,18H,3,7-9H2,1H3/p+1/t11-,13+,14-,15+/m0/s1. The third-order valence-corrected chi connectivity index (χ3v) is 5.04. The van der Waals surface area contributed by atoms with Gasteiger partial charge >= 0.3 is 0 Å². The van der Waals surface area contributed by atoms with Crippen molar-refractivity contribution < 1.29 is 14.8 Å². The summed E-state index contributed by atoms with van der Waals surface area (Å²) in [6.45, 7) is 3.61. The fourth-order valence-electron chi connectivity index (χ4n) is 3.81. The van der Waals surface area contributed by atoms with Crippen LogP contribution < -0.4 is 14.8 Å². The minimum absolute atomic E-state index is 0.478. The van der Waals surface area contributed by atoms with E-state index in [0.717, 1.165) is 29.4 Å². The zero-order valence-corrected chi connectivity index (χ0v) is 11.9. The maximum atomic E-state index is 5.68. The van der Waals surface area contributed by atoms with Gasteiger partial charge in [-0.15, -0.1) is 0 Å². The molecular formula is C17H22NO2+. The average Bonchev–Trinajstić information content (AvgIpc) is 2.85. The van der Waals surface area contributed by atoms with E-state index in [0.29, 0.717) is 19.3 Å². The molecule has 2 N–H and O–H groups in total. The lowest BCUT2D eigenvalue weighted by Crippen LogP contribution is -2.94. The molecule has 3 aliphatic rings. The SMILES string of the molecule is C[C@H]([NH2+][C@@H]1C[C@H]2CC=C[C@@H]21)c1ccc2c(c1)OCCO2. The summed E-state index contributed by atoms with van der Waals surface area (Å²) in [5, 5.41) is 2.53. The first kappa shape index (κ1) is 12.3. The van der Waals surface area contributed by atoms with Gasteiger partial charge in [0, 0.05) is 17.9 Å². The Bertz CT molecular complexity index is 540. The van der Waals surface area contributed by atoms with Crippen LogP contribution in [0.15, 0.2) is 30.4 Å². The van der Waals surface area contributed by atoms with Gasteiger partial charge in [-0.3, -0.25) is 0 Å². The van der Waals surface area contributed by atoms with E-state index in [1.807, 2.05) is 6.07 Å². The zero-order valence-electron chi connectivity index (χ0n) is 11.9. The van der Waals surface area contributed by atoms with E-state index >= 15 is 0 Å². The van der Waals surface area contributed by atoms with Crippen LogP contribution >= 0.6 is 0 Å². The van der Waals surface area contributed by atoms with Crippen LogP contribution in [0, 0.1) is 11.8 Å². The predicted octanol–water partition coefficient (Wildman–Crippen LogP) is 2.05. The first-order valence-electron chi connectivity index (χ1n) is 7.72. The molecule has 1 saturated carbocycles. The molecule has 4 atom stereocenters. The molecule has 106 valence electrons. The zero-order chi connectivity index (χ0) is 13.5. The molecule has 2 aliphatic carbocycles. The van der Waals surface area contributed by atoms with E-state index in [1.165, 1.54) is 18.4 Å². The Labute approximate surface area is 120 Å². The molecule has 0 radical (unpaired) electrons. The molecule has 4 rings (SSSR count). The van der Waals surface area contributed by atoms with Gasteiger partial charge in [-0.2, -0.15) is 0 Å². The highest BCUT2D eigenvalue weighted by Crippen LogP contribution is 2.41. The van der Waals surface area contributed by atoms with E-state index in [1.54, 1.807) is 0 Å². The topological polar surface area (TPSA) is 35.1 Å². The number of quaternary nitrogens is 1. The molecule has 1 aromatic carbocycles. The quantitative estimate of drug-likeness (QED) is 0.855. The minimum atomic E-state index is 0.478. The number of nitrogens with two attached hydrogens (primary N) is 1. The van der Waals surface area contributed by atoms with Crippen molar-refractivity contribution >= 4 is 0 Å². The van der Waals surface area contributed by atoms with Gasteiger partial charge in [0.15, 0.2) is 11.5 Å². The van der Waals surface area contributed by atoms with Gasteiger partial charge in [0.2, 0.25) is 0 Å². The number of ether oxygens (including phenoxy) is 2. The number of allylic oxidation sites excluding steroid dienone is 1. The highest BCUT2D eigenvalue weighted by atomic mass is 16.6. The molecule has 1 fully saturated rings. The van der Waals surface area contributed by atoms with E-state index in [9.17, 15) is 0 Å². The van der Waals surface area contributed by atoms with Crippen LogP contribution in [0.1, 0.15) is 31.4 Å². The first-order chi connectivity index (χ1) is 9.81. The van der Waals surface area contributed by atoms with Crippen LogP contribution in [0.5, 0.6) is 11.5 Å². The Hall–Kier alpha value is -1.48. The summed E-state index contributed by atoms with van der Waals surface area (Å²) in [5.41, 5.74) is 1.33. The third-order valence-electron chi connectivity index (χ3n) is 5.04. The summed E-state index contributed by atoms with van der Waals surface area (Å²) in [6, 6.07) is 7.62. The molecule has 0 spiro atoms. The van der Waals surface area contributed by atoms with Crippen molar-refractivity contribution in [2.75, 3.05) is 13.2 Å². The Morgan fingerprint density at radius 2 is 2.05 bits per heavy atom. The van der Waals surface area contributed by atoms with Crippen molar-refractivity contribution in [2.24, 2.45) is 11.8 Å². The number of hydrogen-bond acceptors (Lipinski definition) is 2. The Morgan fingerprint density at radius 1 is 1.20 bits per heavy atom. The smallest absolute Gasteiger partial charge is 0.161 e. The van der Waals surface area contributed by atoms with E-state index in [2.05, 4.69) is 36.5 Å². The molecule has 1 aliphatic heterocycles. The molecule has 0 amide bonds. The van der Waals surface area contributed by atoms with E-state index < -0.39 is 0 Å². The van der Waals surface area contributed by atoms with Crippen LogP contribution in [-0.4, -0.2) is 19.3 Å². The lowest BCUT2D eigenvalue weighted by atomic mass is 9.71. The third kappa shape index (κ3) is 2.01. The molecule has 0 aromatic heterocycles. The van der Waals surface area contributed by atoms with Crippen molar-refractivity contribution in [2.45, 2.75) is 31.8 Å². The molecule has 20 heavy (non-hydrogen) atoms. The summed E-state index contributed by atoms with van der Waals surface area (Å²) in [6.07, 6.45) is 7.45. The average molecular weight is 272 g/mol. The Balaban J connectivity index is 1.45. The lowest BCUT2D eigenvalue weighted by Gasteiger charge is -2.39. The summed E-state index contributed by atoms with van der Waals surface area (Å²) in [7, 11) is 0. The van der Waals surface area contributed by atoms with E-state index in [-0.39, 0.29) is 0 Å². The van der Waals surface area contributed by atoms with Crippen molar-refractivity contribution in [3.05, 3.63) is 35.9 Å². The Morgan fingerprint density at radius 3 is 2.90 bits per heavy atom. The molecule has 1 aromatic rings. The van der Waals surface area contributed by atoms with Crippen LogP contribution in [0.4, 0.5) is 0 Å². The number of rotatable bonds is 3. The predicted molar refractivity (Wildman–Crippen MR) is 76.9 cm³/mol. The summed E-state index contributed by atoms with van der Waals surface area (Å²) in [4.78, 5) is 0. The maximum absolute atomic E-state index is 5.68. The normalized spacial score (nSPS) is 31.6. The molecule has 3 heteroatoms. The monoisotopic (exact) mass is 272 g/mol. The summed E-state index contributed by atoms with van der Waals surface area (Å²) in [5.74, 6) is 3.54. The maximum Gasteiger partial charge on any atom is 0.161 e. The second-order valence-corrected chi connectivity index (χ2v) is 6.29. The van der Waals surface area contributed by atoms with Gasteiger partial charge in [-0.25, -0.2) is 0 Å². The van der Waals surface area contributed by atoms with Crippen LogP contribution in [0.25, 0.3) is 0 Å². The van der Waals surface area contributed by atoms with Crippen molar-refractivity contribution in [1.82, 2.24) is 0 Å². The lowest BCUT2D eigenvalue weighted by molar-refractivity contribution is -0.741. The van der Waals surface area contributed by atoms with Crippen LogP contribution in [0.3, 0.4) is 0 Å². The fourth-order valence-corrected chi connectivity index (χ4v) is 3.81. The van der Waals surface area contributed by atoms with Gasteiger partial charge < -0.3 is 14.8 Å². The molecule has 0 bridgehead atoms. The molecule has 0 unspecified atom stereocenters. The molecule has 0 saturated heterocycles. The number of benzene rings is 1. The molecule has 1 heterocycles. The Kier molecular flexibility index (Phi) is 2.95. The second-order valence-electron chi connectivity index (χ2n) is 6.29.